The molecule has 0 aliphatic rings. The minimum Gasteiger partial charge on any atom is -0.349 e. The lowest BCUT2D eigenvalue weighted by Crippen LogP contribution is -2.23. The van der Waals surface area contributed by atoms with Gasteiger partial charge in [0.1, 0.15) is 5.82 Å². The molecule has 0 saturated heterocycles. The van der Waals surface area contributed by atoms with Gasteiger partial charge in [-0.1, -0.05) is 47.1 Å². The van der Waals surface area contributed by atoms with Gasteiger partial charge in [0, 0.05) is 17.4 Å². The van der Waals surface area contributed by atoms with Crippen LogP contribution in [-0.2, 0) is 17.9 Å². The van der Waals surface area contributed by atoms with Crippen LogP contribution in [0.4, 0.5) is 0 Å². The van der Waals surface area contributed by atoms with E-state index in [0.29, 0.717) is 13.0 Å². The lowest BCUT2D eigenvalue weighted by molar-refractivity contribution is -0.120. The number of imidazole rings is 1. The Morgan fingerprint density at radius 3 is 2.65 bits per heavy atom. The molecule has 1 aromatic heterocycles. The quantitative estimate of drug-likeness (QED) is 0.739. The molecule has 23 heavy (non-hydrogen) atoms. The van der Waals surface area contributed by atoms with Crippen molar-refractivity contribution >= 4 is 32.9 Å². The van der Waals surface area contributed by atoms with Crippen molar-refractivity contribution in [2.75, 3.05) is 0 Å². The number of hydrogen-bond acceptors (Lipinski definition) is 2. The van der Waals surface area contributed by atoms with Crippen molar-refractivity contribution in [2.45, 2.75) is 26.4 Å². The summed E-state index contributed by atoms with van der Waals surface area (Å²) in [6, 6.07) is 16.3. The Hall–Kier alpha value is -2.14. The molecule has 0 spiro atoms. The predicted octanol–water partition coefficient (Wildman–Crippen LogP) is 3.87. The molecule has 2 aromatic carbocycles. The normalized spacial score (nSPS) is 10.9. The minimum atomic E-state index is 0.0345. The van der Waals surface area contributed by atoms with Gasteiger partial charge in [-0.25, -0.2) is 4.98 Å². The Bertz CT molecular complexity index is 824. The summed E-state index contributed by atoms with van der Waals surface area (Å²) in [6.07, 6.45) is 0.479. The number of nitrogens with zero attached hydrogens (tertiary/aromatic N) is 2. The van der Waals surface area contributed by atoms with E-state index < -0.39 is 0 Å². The molecule has 1 heterocycles. The largest absolute Gasteiger partial charge is 0.349 e. The SMILES string of the molecule is CCC(=O)NCc1nc2ccccc2n1Cc1ccc(Br)cc1. The van der Waals surface area contributed by atoms with E-state index >= 15 is 0 Å². The van der Waals surface area contributed by atoms with Crippen molar-refractivity contribution in [2.24, 2.45) is 0 Å². The Morgan fingerprint density at radius 1 is 1.17 bits per heavy atom. The maximum atomic E-state index is 11.6. The van der Waals surface area contributed by atoms with Gasteiger partial charge in [-0.2, -0.15) is 0 Å². The lowest BCUT2D eigenvalue weighted by atomic mass is 10.2. The summed E-state index contributed by atoms with van der Waals surface area (Å²) in [5, 5.41) is 2.92. The first kappa shape index (κ1) is 15.7. The Labute approximate surface area is 143 Å². The fraction of sp³-hybridized carbons (Fsp3) is 0.222. The third kappa shape index (κ3) is 3.62. The molecule has 0 atom stereocenters. The summed E-state index contributed by atoms with van der Waals surface area (Å²) in [6.45, 7) is 3.02. The van der Waals surface area contributed by atoms with Crippen LogP contribution in [-0.4, -0.2) is 15.5 Å². The zero-order chi connectivity index (χ0) is 16.2. The highest BCUT2D eigenvalue weighted by Crippen LogP contribution is 2.19. The van der Waals surface area contributed by atoms with Gasteiger partial charge in [0.15, 0.2) is 0 Å². The number of nitrogens with one attached hydrogen (secondary N) is 1. The van der Waals surface area contributed by atoms with Crippen LogP contribution in [0.1, 0.15) is 24.7 Å². The number of carbonyl (C=O) groups excluding carboxylic acids is 1. The smallest absolute Gasteiger partial charge is 0.220 e. The summed E-state index contributed by atoms with van der Waals surface area (Å²) in [4.78, 5) is 16.2. The van der Waals surface area contributed by atoms with E-state index in [1.807, 2.05) is 37.3 Å². The van der Waals surface area contributed by atoms with Gasteiger partial charge in [-0.15, -0.1) is 0 Å². The highest BCUT2D eigenvalue weighted by atomic mass is 79.9. The maximum absolute atomic E-state index is 11.6. The maximum Gasteiger partial charge on any atom is 0.220 e. The summed E-state index contributed by atoms with van der Waals surface area (Å²) in [5.74, 6) is 0.906. The van der Waals surface area contributed by atoms with E-state index in [-0.39, 0.29) is 5.91 Å². The van der Waals surface area contributed by atoms with Crippen LogP contribution < -0.4 is 5.32 Å². The van der Waals surface area contributed by atoms with Gasteiger partial charge < -0.3 is 9.88 Å². The van der Waals surface area contributed by atoms with E-state index in [9.17, 15) is 4.79 Å². The number of benzene rings is 2. The topological polar surface area (TPSA) is 46.9 Å². The first-order valence-corrected chi connectivity index (χ1v) is 8.42. The molecule has 118 valence electrons. The number of carbonyl (C=O) groups is 1. The number of halogens is 1. The molecule has 3 rings (SSSR count). The number of amides is 1. The summed E-state index contributed by atoms with van der Waals surface area (Å²) >= 11 is 3.46. The highest BCUT2D eigenvalue weighted by molar-refractivity contribution is 9.10. The summed E-state index contributed by atoms with van der Waals surface area (Å²) in [7, 11) is 0. The van der Waals surface area contributed by atoms with Crippen LogP contribution in [0.2, 0.25) is 0 Å². The van der Waals surface area contributed by atoms with Crippen molar-refractivity contribution in [1.82, 2.24) is 14.9 Å². The predicted molar refractivity (Wildman–Crippen MR) is 95.1 cm³/mol. The fourth-order valence-electron chi connectivity index (χ4n) is 2.51. The van der Waals surface area contributed by atoms with E-state index in [2.05, 4.69) is 49.0 Å². The first-order valence-electron chi connectivity index (χ1n) is 7.62. The number of fused-ring (bicyclic) bond motifs is 1. The number of aromatic nitrogens is 2. The Kier molecular flexibility index (Phi) is 4.76. The van der Waals surface area contributed by atoms with Gasteiger partial charge in [0.25, 0.3) is 0 Å². The van der Waals surface area contributed by atoms with Crippen LogP contribution in [0.3, 0.4) is 0 Å². The van der Waals surface area contributed by atoms with Crippen LogP contribution in [0.25, 0.3) is 11.0 Å². The zero-order valence-electron chi connectivity index (χ0n) is 12.9. The molecule has 4 nitrogen and oxygen atoms in total. The van der Waals surface area contributed by atoms with Crippen LogP contribution in [0.15, 0.2) is 53.0 Å². The van der Waals surface area contributed by atoms with Crippen molar-refractivity contribution in [3.05, 3.63) is 64.4 Å². The minimum absolute atomic E-state index is 0.0345. The molecule has 0 fully saturated rings. The summed E-state index contributed by atoms with van der Waals surface area (Å²) < 4.78 is 3.22. The summed E-state index contributed by atoms with van der Waals surface area (Å²) in [5.41, 5.74) is 3.22. The van der Waals surface area contributed by atoms with Crippen molar-refractivity contribution in [3.63, 3.8) is 0 Å². The molecular weight excluding hydrogens is 354 g/mol. The van der Waals surface area contributed by atoms with Crippen molar-refractivity contribution < 1.29 is 4.79 Å². The van der Waals surface area contributed by atoms with Crippen LogP contribution in [0, 0.1) is 0 Å². The van der Waals surface area contributed by atoms with E-state index in [0.717, 1.165) is 27.9 Å². The number of para-hydroxylation sites is 2. The monoisotopic (exact) mass is 371 g/mol. The third-order valence-electron chi connectivity index (χ3n) is 3.75. The molecule has 0 aliphatic carbocycles. The standard InChI is InChI=1S/C18H18BrN3O/c1-2-18(23)20-11-17-21-15-5-3-4-6-16(15)22(17)12-13-7-9-14(19)10-8-13/h3-10H,2,11-12H2,1H3,(H,20,23). The van der Waals surface area contributed by atoms with E-state index in [4.69, 9.17) is 0 Å². The average Bonchev–Trinajstić information content (AvgIpc) is 2.92. The lowest BCUT2D eigenvalue weighted by Gasteiger charge is -2.10. The van der Waals surface area contributed by atoms with Gasteiger partial charge in [-0.3, -0.25) is 4.79 Å². The Balaban J connectivity index is 1.95. The average molecular weight is 372 g/mol. The van der Waals surface area contributed by atoms with E-state index in [1.165, 1.54) is 5.56 Å². The number of rotatable bonds is 5. The number of hydrogen-bond donors (Lipinski definition) is 1. The molecule has 3 aromatic rings. The van der Waals surface area contributed by atoms with Crippen LogP contribution >= 0.6 is 15.9 Å². The van der Waals surface area contributed by atoms with Gasteiger partial charge >= 0.3 is 0 Å². The Morgan fingerprint density at radius 2 is 1.91 bits per heavy atom. The van der Waals surface area contributed by atoms with E-state index in [1.54, 1.807) is 0 Å². The van der Waals surface area contributed by atoms with Crippen molar-refractivity contribution in [3.8, 4) is 0 Å². The second-order valence-corrected chi connectivity index (χ2v) is 6.28. The van der Waals surface area contributed by atoms with Crippen molar-refractivity contribution in [1.29, 1.82) is 0 Å². The zero-order valence-corrected chi connectivity index (χ0v) is 14.5. The molecule has 0 bridgehead atoms. The molecule has 0 aliphatic heterocycles. The molecular formula is C18H18BrN3O. The highest BCUT2D eigenvalue weighted by Gasteiger charge is 2.11. The fourth-order valence-corrected chi connectivity index (χ4v) is 2.78. The molecule has 0 saturated carbocycles. The van der Waals surface area contributed by atoms with Gasteiger partial charge in [-0.05, 0) is 29.8 Å². The van der Waals surface area contributed by atoms with Gasteiger partial charge in [0.2, 0.25) is 5.91 Å². The second-order valence-electron chi connectivity index (χ2n) is 5.36. The molecule has 1 N–H and O–H groups in total. The first-order chi connectivity index (χ1) is 11.2. The van der Waals surface area contributed by atoms with Crippen LogP contribution in [0.5, 0.6) is 0 Å². The second kappa shape index (κ2) is 6.96. The van der Waals surface area contributed by atoms with Gasteiger partial charge in [0.05, 0.1) is 17.6 Å². The molecule has 1 amide bonds. The molecule has 5 heteroatoms. The molecule has 0 radical (unpaired) electrons. The third-order valence-corrected chi connectivity index (χ3v) is 4.28. The molecule has 0 unspecified atom stereocenters.